The highest BCUT2D eigenvalue weighted by Gasteiger charge is 2.10. The van der Waals surface area contributed by atoms with E-state index in [4.69, 9.17) is 4.74 Å². The van der Waals surface area contributed by atoms with Crippen molar-refractivity contribution in [2.75, 3.05) is 31.2 Å². The first-order valence-corrected chi connectivity index (χ1v) is 10.4. The van der Waals surface area contributed by atoms with E-state index in [1.165, 1.54) is 0 Å². The number of azo groups is 1. The second kappa shape index (κ2) is 9.65. The van der Waals surface area contributed by atoms with Gasteiger partial charge in [0.2, 0.25) is 0 Å². The van der Waals surface area contributed by atoms with Crippen molar-refractivity contribution in [2.45, 2.75) is 0 Å². The fourth-order valence-electron chi connectivity index (χ4n) is 3.08. The number of anilines is 1. The summed E-state index contributed by atoms with van der Waals surface area (Å²) in [5.41, 5.74) is 3.94. The molecule has 0 unspecified atom stereocenters. The maximum Gasteiger partial charge on any atom is 0.124 e. The SMILES string of the molecule is Oc1ccc(N=Nc2cccc(Br)c2)cc1C=Nc1ccc(N2CCOCC2)cc1. The van der Waals surface area contributed by atoms with Crippen LogP contribution in [0.25, 0.3) is 0 Å². The summed E-state index contributed by atoms with van der Waals surface area (Å²) in [7, 11) is 0. The number of morpholine rings is 1. The zero-order chi connectivity index (χ0) is 20.8. The second-order valence-corrected chi connectivity index (χ2v) is 7.71. The fourth-order valence-corrected chi connectivity index (χ4v) is 3.46. The third-order valence-corrected chi connectivity index (χ3v) is 5.17. The van der Waals surface area contributed by atoms with Crippen LogP contribution in [0.15, 0.2) is 86.4 Å². The van der Waals surface area contributed by atoms with Crippen LogP contribution < -0.4 is 4.90 Å². The summed E-state index contributed by atoms with van der Waals surface area (Å²) in [5, 5.41) is 18.6. The number of phenols is 1. The molecule has 0 saturated carbocycles. The van der Waals surface area contributed by atoms with Gasteiger partial charge in [-0.15, -0.1) is 0 Å². The zero-order valence-corrected chi connectivity index (χ0v) is 17.9. The van der Waals surface area contributed by atoms with Gasteiger partial charge >= 0.3 is 0 Å². The molecule has 0 spiro atoms. The van der Waals surface area contributed by atoms with Gasteiger partial charge in [-0.2, -0.15) is 10.2 Å². The van der Waals surface area contributed by atoms with Crippen LogP contribution in [0.1, 0.15) is 5.56 Å². The third kappa shape index (κ3) is 5.31. The molecule has 0 amide bonds. The average Bonchev–Trinajstić information content (AvgIpc) is 2.79. The lowest BCUT2D eigenvalue weighted by atomic mass is 10.2. The molecule has 0 aromatic heterocycles. The Morgan fingerprint density at radius 1 is 0.867 bits per heavy atom. The lowest BCUT2D eigenvalue weighted by Crippen LogP contribution is -2.36. The summed E-state index contributed by atoms with van der Waals surface area (Å²) in [6.07, 6.45) is 1.64. The quantitative estimate of drug-likeness (QED) is 0.363. The first-order valence-electron chi connectivity index (χ1n) is 9.64. The molecule has 6 nitrogen and oxygen atoms in total. The molecule has 1 N–H and O–H groups in total. The first-order chi connectivity index (χ1) is 14.7. The summed E-state index contributed by atoms with van der Waals surface area (Å²) in [5.74, 6) is 0.144. The predicted octanol–water partition coefficient (Wildman–Crippen LogP) is 6.16. The van der Waals surface area contributed by atoms with E-state index >= 15 is 0 Å². The van der Waals surface area contributed by atoms with E-state index < -0.39 is 0 Å². The lowest BCUT2D eigenvalue weighted by Gasteiger charge is -2.28. The monoisotopic (exact) mass is 464 g/mol. The molecular formula is C23H21BrN4O2. The van der Waals surface area contributed by atoms with Gasteiger partial charge in [0.15, 0.2) is 0 Å². The average molecular weight is 465 g/mol. The Balaban J connectivity index is 1.47. The number of hydrogen-bond donors (Lipinski definition) is 1. The molecule has 1 saturated heterocycles. The Kier molecular flexibility index (Phi) is 6.51. The molecule has 4 rings (SSSR count). The molecule has 0 radical (unpaired) electrons. The molecule has 152 valence electrons. The van der Waals surface area contributed by atoms with Crippen molar-refractivity contribution in [1.29, 1.82) is 0 Å². The zero-order valence-electron chi connectivity index (χ0n) is 16.3. The Labute approximate surface area is 183 Å². The lowest BCUT2D eigenvalue weighted by molar-refractivity contribution is 0.122. The van der Waals surface area contributed by atoms with Gasteiger partial charge in [0.1, 0.15) is 5.75 Å². The number of aliphatic imine (C=N–C) groups is 1. The van der Waals surface area contributed by atoms with Gasteiger partial charge in [0, 0.05) is 35.0 Å². The van der Waals surface area contributed by atoms with Gasteiger partial charge in [0.25, 0.3) is 0 Å². The third-order valence-electron chi connectivity index (χ3n) is 4.68. The van der Waals surface area contributed by atoms with Gasteiger partial charge in [-0.1, -0.05) is 22.0 Å². The minimum absolute atomic E-state index is 0.144. The molecule has 0 atom stereocenters. The van der Waals surface area contributed by atoms with Gasteiger partial charge < -0.3 is 14.7 Å². The number of ether oxygens (including phenoxy) is 1. The molecular weight excluding hydrogens is 444 g/mol. The van der Waals surface area contributed by atoms with E-state index in [1.54, 1.807) is 24.4 Å². The predicted molar refractivity (Wildman–Crippen MR) is 123 cm³/mol. The minimum atomic E-state index is 0.144. The van der Waals surface area contributed by atoms with E-state index in [2.05, 4.69) is 48.2 Å². The van der Waals surface area contributed by atoms with Crippen molar-refractivity contribution in [1.82, 2.24) is 0 Å². The van der Waals surface area contributed by atoms with E-state index in [9.17, 15) is 5.11 Å². The van der Waals surface area contributed by atoms with Crippen molar-refractivity contribution in [3.63, 3.8) is 0 Å². The van der Waals surface area contributed by atoms with Crippen LogP contribution in [0.3, 0.4) is 0 Å². The molecule has 1 fully saturated rings. The number of rotatable bonds is 5. The van der Waals surface area contributed by atoms with Gasteiger partial charge in [0.05, 0.1) is 30.3 Å². The van der Waals surface area contributed by atoms with E-state index in [0.29, 0.717) is 11.3 Å². The maximum absolute atomic E-state index is 10.2. The van der Waals surface area contributed by atoms with Crippen LogP contribution in [-0.2, 0) is 4.74 Å². The smallest absolute Gasteiger partial charge is 0.124 e. The standard InChI is InChI=1S/C23H21BrN4O2/c24-18-2-1-3-20(15-18)26-27-21-6-9-23(29)17(14-21)16-25-19-4-7-22(8-5-19)28-10-12-30-13-11-28/h1-9,14-16,29H,10-13H2. The number of nitrogens with zero attached hydrogens (tertiary/aromatic N) is 4. The Morgan fingerprint density at radius 3 is 2.30 bits per heavy atom. The Bertz CT molecular complexity index is 1060. The van der Waals surface area contributed by atoms with Crippen molar-refractivity contribution < 1.29 is 9.84 Å². The van der Waals surface area contributed by atoms with Crippen LogP contribution in [0.4, 0.5) is 22.7 Å². The topological polar surface area (TPSA) is 69.8 Å². The number of hydrogen-bond acceptors (Lipinski definition) is 6. The highest BCUT2D eigenvalue weighted by atomic mass is 79.9. The fraction of sp³-hybridized carbons (Fsp3) is 0.174. The van der Waals surface area contributed by atoms with Crippen molar-refractivity contribution in [3.05, 3.63) is 76.8 Å². The molecule has 0 bridgehead atoms. The Hall–Kier alpha value is -3.03. The number of benzene rings is 3. The van der Waals surface area contributed by atoms with Gasteiger partial charge in [-0.25, -0.2) is 0 Å². The highest BCUT2D eigenvalue weighted by molar-refractivity contribution is 9.10. The molecule has 3 aromatic carbocycles. The summed E-state index contributed by atoms with van der Waals surface area (Å²) in [6, 6.07) is 20.7. The molecule has 0 aliphatic carbocycles. The largest absolute Gasteiger partial charge is 0.507 e. The molecule has 7 heteroatoms. The maximum atomic E-state index is 10.2. The summed E-state index contributed by atoms with van der Waals surface area (Å²) < 4.78 is 6.34. The molecule has 1 aliphatic rings. The summed E-state index contributed by atoms with van der Waals surface area (Å²) in [6.45, 7) is 3.32. The molecule has 30 heavy (non-hydrogen) atoms. The number of halogens is 1. The van der Waals surface area contributed by atoms with Crippen LogP contribution in [-0.4, -0.2) is 37.6 Å². The second-order valence-electron chi connectivity index (χ2n) is 6.80. The van der Waals surface area contributed by atoms with Crippen LogP contribution in [0.2, 0.25) is 0 Å². The van der Waals surface area contributed by atoms with E-state index in [1.807, 2.05) is 36.4 Å². The van der Waals surface area contributed by atoms with Crippen LogP contribution >= 0.6 is 15.9 Å². The van der Waals surface area contributed by atoms with E-state index in [0.717, 1.165) is 47.8 Å². The van der Waals surface area contributed by atoms with Crippen molar-refractivity contribution in [3.8, 4) is 5.75 Å². The molecule has 1 aliphatic heterocycles. The summed E-state index contributed by atoms with van der Waals surface area (Å²) >= 11 is 3.42. The van der Waals surface area contributed by atoms with E-state index in [-0.39, 0.29) is 5.75 Å². The van der Waals surface area contributed by atoms with Crippen LogP contribution in [0, 0.1) is 0 Å². The number of phenolic OH excluding ortho intramolecular Hbond substituents is 1. The summed E-state index contributed by atoms with van der Waals surface area (Å²) in [4.78, 5) is 6.78. The van der Waals surface area contributed by atoms with Crippen LogP contribution in [0.5, 0.6) is 5.75 Å². The van der Waals surface area contributed by atoms with Crippen molar-refractivity contribution in [2.24, 2.45) is 15.2 Å². The first kappa shape index (κ1) is 20.3. The highest BCUT2D eigenvalue weighted by Crippen LogP contribution is 2.26. The van der Waals surface area contributed by atoms with Crippen molar-refractivity contribution >= 4 is 44.9 Å². The van der Waals surface area contributed by atoms with Gasteiger partial charge in [-0.3, -0.25) is 4.99 Å². The number of aromatic hydroxyl groups is 1. The van der Waals surface area contributed by atoms with Gasteiger partial charge in [-0.05, 0) is 60.7 Å². The normalized spacial score (nSPS) is 14.6. The Morgan fingerprint density at radius 2 is 1.57 bits per heavy atom. The molecule has 1 heterocycles. The minimum Gasteiger partial charge on any atom is -0.507 e. The molecule has 3 aromatic rings.